The monoisotopic (exact) mass is 246 g/mol. The number of nitriles is 1. The second-order valence-electron chi connectivity index (χ2n) is 4.13. The van der Waals surface area contributed by atoms with Crippen molar-refractivity contribution in [2.45, 2.75) is 12.2 Å². The number of thioether (sulfide) groups is 1. The van der Waals surface area contributed by atoms with Crippen LogP contribution in [0.3, 0.4) is 0 Å². The van der Waals surface area contributed by atoms with E-state index in [0.717, 1.165) is 18.8 Å². The molecule has 1 aromatic rings. The van der Waals surface area contributed by atoms with Gasteiger partial charge in [-0.05, 0) is 18.2 Å². The topological polar surface area (TPSA) is 44.1 Å². The Morgan fingerprint density at radius 3 is 3.12 bits per heavy atom. The highest BCUT2D eigenvalue weighted by molar-refractivity contribution is 7.99. The molecule has 1 aromatic carbocycles. The molecule has 4 heteroatoms. The lowest BCUT2D eigenvalue weighted by Gasteiger charge is -2.30. The van der Waals surface area contributed by atoms with E-state index in [1.54, 1.807) is 24.3 Å². The third kappa shape index (κ3) is 2.80. The maximum absolute atomic E-state index is 12.2. The molecule has 0 bridgehead atoms. The van der Waals surface area contributed by atoms with Crippen LogP contribution in [0.25, 0.3) is 0 Å². The van der Waals surface area contributed by atoms with Crippen LogP contribution in [-0.2, 0) is 0 Å². The summed E-state index contributed by atoms with van der Waals surface area (Å²) in [6, 6.07) is 8.97. The summed E-state index contributed by atoms with van der Waals surface area (Å²) in [4.78, 5) is 14.1. The van der Waals surface area contributed by atoms with Crippen molar-refractivity contribution in [1.82, 2.24) is 4.90 Å². The Labute approximate surface area is 105 Å². The van der Waals surface area contributed by atoms with Gasteiger partial charge in [0, 0.05) is 29.7 Å². The van der Waals surface area contributed by atoms with E-state index >= 15 is 0 Å². The lowest BCUT2D eigenvalue weighted by atomic mass is 10.1. The van der Waals surface area contributed by atoms with Gasteiger partial charge in [0.15, 0.2) is 0 Å². The molecule has 1 saturated heterocycles. The Morgan fingerprint density at radius 2 is 2.41 bits per heavy atom. The molecule has 1 heterocycles. The summed E-state index contributed by atoms with van der Waals surface area (Å²) in [5.74, 6) is 1.03. The molecular formula is C13H14N2OS. The summed E-state index contributed by atoms with van der Waals surface area (Å²) in [5.41, 5.74) is 1.15. The van der Waals surface area contributed by atoms with Gasteiger partial charge in [-0.3, -0.25) is 4.79 Å². The number of hydrogen-bond donors (Lipinski definition) is 0. The summed E-state index contributed by atoms with van der Waals surface area (Å²) < 4.78 is 0. The van der Waals surface area contributed by atoms with Crippen LogP contribution in [0.15, 0.2) is 24.3 Å². The maximum Gasteiger partial charge on any atom is 0.253 e. The number of carbonyl (C=O) groups is 1. The van der Waals surface area contributed by atoms with Gasteiger partial charge in [-0.2, -0.15) is 17.0 Å². The fraction of sp³-hybridized carbons (Fsp3) is 0.385. The number of nitrogens with zero attached hydrogens (tertiary/aromatic N) is 2. The number of hydrogen-bond acceptors (Lipinski definition) is 3. The normalized spacial score (nSPS) is 19.8. The Kier molecular flexibility index (Phi) is 3.70. The lowest BCUT2D eigenvalue weighted by molar-refractivity contribution is 0.0763. The van der Waals surface area contributed by atoms with Crippen LogP contribution < -0.4 is 0 Å². The van der Waals surface area contributed by atoms with Crippen LogP contribution >= 0.6 is 11.8 Å². The van der Waals surface area contributed by atoms with Crippen molar-refractivity contribution in [3.05, 3.63) is 35.4 Å². The van der Waals surface area contributed by atoms with Crippen LogP contribution in [-0.4, -0.2) is 34.9 Å². The van der Waals surface area contributed by atoms with Gasteiger partial charge in [-0.25, -0.2) is 0 Å². The average molecular weight is 246 g/mol. The smallest absolute Gasteiger partial charge is 0.253 e. The van der Waals surface area contributed by atoms with E-state index in [9.17, 15) is 4.79 Å². The fourth-order valence-corrected chi connectivity index (χ4v) is 2.92. The third-order valence-electron chi connectivity index (χ3n) is 2.77. The van der Waals surface area contributed by atoms with Gasteiger partial charge in [0.25, 0.3) is 5.91 Å². The first-order valence-electron chi connectivity index (χ1n) is 5.62. The predicted octanol–water partition coefficient (Wildman–Crippen LogP) is 2.14. The minimum Gasteiger partial charge on any atom is -0.337 e. The zero-order valence-corrected chi connectivity index (χ0v) is 10.5. The van der Waals surface area contributed by atoms with Crippen molar-refractivity contribution in [2.75, 3.05) is 18.8 Å². The molecule has 1 aliphatic rings. The highest BCUT2D eigenvalue weighted by Gasteiger charge is 2.22. The van der Waals surface area contributed by atoms with E-state index in [-0.39, 0.29) is 5.91 Å². The third-order valence-corrected chi connectivity index (χ3v) is 3.90. The molecule has 1 fully saturated rings. The summed E-state index contributed by atoms with van der Waals surface area (Å²) >= 11 is 1.90. The van der Waals surface area contributed by atoms with Crippen LogP contribution in [0.2, 0.25) is 0 Å². The quantitative estimate of drug-likeness (QED) is 0.762. The van der Waals surface area contributed by atoms with Crippen LogP contribution in [0.1, 0.15) is 22.8 Å². The molecule has 1 aliphatic heterocycles. The standard InChI is InChI=1S/C13H14N2OS/c1-10-9-15(5-6-17-10)13(16)12-4-2-3-11(7-12)8-14/h2-4,7,10H,5-6,9H2,1H3. The molecule has 1 amide bonds. The van der Waals surface area contributed by atoms with E-state index in [1.807, 2.05) is 16.7 Å². The predicted molar refractivity (Wildman–Crippen MR) is 69.0 cm³/mol. The van der Waals surface area contributed by atoms with Gasteiger partial charge in [0.2, 0.25) is 0 Å². The highest BCUT2D eigenvalue weighted by atomic mass is 32.2. The molecule has 1 atom stereocenters. The van der Waals surface area contributed by atoms with Crippen molar-refractivity contribution in [3.8, 4) is 6.07 Å². The fourth-order valence-electron chi connectivity index (χ4n) is 1.91. The second-order valence-corrected chi connectivity index (χ2v) is 5.67. The SMILES string of the molecule is CC1CN(C(=O)c2cccc(C#N)c2)CCS1. The summed E-state index contributed by atoms with van der Waals surface area (Å²) in [7, 11) is 0. The highest BCUT2D eigenvalue weighted by Crippen LogP contribution is 2.19. The molecule has 1 unspecified atom stereocenters. The first-order chi connectivity index (χ1) is 8.20. The van der Waals surface area contributed by atoms with Crippen LogP contribution in [0, 0.1) is 11.3 Å². The Hall–Kier alpha value is -1.47. The minimum atomic E-state index is 0.0363. The van der Waals surface area contributed by atoms with E-state index in [1.165, 1.54) is 0 Å². The van der Waals surface area contributed by atoms with Crippen molar-refractivity contribution in [2.24, 2.45) is 0 Å². The van der Waals surface area contributed by atoms with Crippen molar-refractivity contribution in [3.63, 3.8) is 0 Å². The first kappa shape index (κ1) is 12.0. The van der Waals surface area contributed by atoms with E-state index in [4.69, 9.17) is 5.26 Å². The summed E-state index contributed by atoms with van der Waals surface area (Å²) in [6.45, 7) is 3.72. The Morgan fingerprint density at radius 1 is 1.59 bits per heavy atom. The molecule has 88 valence electrons. The van der Waals surface area contributed by atoms with Gasteiger partial charge in [0.05, 0.1) is 11.6 Å². The molecule has 0 N–H and O–H groups in total. The van der Waals surface area contributed by atoms with E-state index < -0.39 is 0 Å². The lowest BCUT2D eigenvalue weighted by Crippen LogP contribution is -2.41. The second kappa shape index (κ2) is 5.24. The zero-order chi connectivity index (χ0) is 12.3. The average Bonchev–Trinajstić information content (AvgIpc) is 2.38. The molecular weight excluding hydrogens is 232 g/mol. The van der Waals surface area contributed by atoms with Gasteiger partial charge < -0.3 is 4.90 Å². The zero-order valence-electron chi connectivity index (χ0n) is 9.72. The van der Waals surface area contributed by atoms with Crippen LogP contribution in [0.4, 0.5) is 0 Å². The molecule has 0 aromatic heterocycles. The number of benzene rings is 1. The molecule has 17 heavy (non-hydrogen) atoms. The number of carbonyl (C=O) groups excluding carboxylic acids is 1. The molecule has 2 rings (SSSR count). The Bertz CT molecular complexity index is 467. The molecule has 0 aliphatic carbocycles. The minimum absolute atomic E-state index is 0.0363. The van der Waals surface area contributed by atoms with Crippen molar-refractivity contribution < 1.29 is 4.79 Å². The molecule has 0 spiro atoms. The van der Waals surface area contributed by atoms with E-state index in [0.29, 0.717) is 16.4 Å². The molecule has 0 saturated carbocycles. The van der Waals surface area contributed by atoms with Gasteiger partial charge in [-0.1, -0.05) is 13.0 Å². The maximum atomic E-state index is 12.2. The summed E-state index contributed by atoms with van der Waals surface area (Å²) in [5, 5.41) is 9.31. The largest absolute Gasteiger partial charge is 0.337 e. The first-order valence-corrected chi connectivity index (χ1v) is 6.66. The number of amides is 1. The molecule has 0 radical (unpaired) electrons. The van der Waals surface area contributed by atoms with Crippen LogP contribution in [0.5, 0.6) is 0 Å². The molecule has 3 nitrogen and oxygen atoms in total. The van der Waals surface area contributed by atoms with Gasteiger partial charge >= 0.3 is 0 Å². The summed E-state index contributed by atoms with van der Waals surface area (Å²) in [6.07, 6.45) is 0. The van der Waals surface area contributed by atoms with Crippen molar-refractivity contribution >= 4 is 17.7 Å². The van der Waals surface area contributed by atoms with Gasteiger partial charge in [0.1, 0.15) is 0 Å². The van der Waals surface area contributed by atoms with Gasteiger partial charge in [-0.15, -0.1) is 0 Å². The number of rotatable bonds is 1. The Balaban J connectivity index is 2.16. The van der Waals surface area contributed by atoms with Crippen molar-refractivity contribution in [1.29, 1.82) is 5.26 Å². The van der Waals surface area contributed by atoms with E-state index in [2.05, 4.69) is 13.0 Å².